The largest absolute Gasteiger partial charge is 0.486 e. The fourth-order valence-corrected chi connectivity index (χ4v) is 5.36. The highest BCUT2D eigenvalue weighted by Crippen LogP contribution is 2.39. The number of imide groups is 1. The van der Waals surface area contributed by atoms with Crippen molar-refractivity contribution in [1.82, 2.24) is 15.1 Å². The number of urea groups is 1. The standard InChI is InChI=1S/C27H30FN3O5/c1-2-3-12-27(19-7-9-20(28)10-8-19)25(33)31(26(34)29-27)17-24(32)30-13-4-5-21(30)18-6-11-22-23(16-18)36-15-14-35-22/h6-11,16,21H,2-5,12-15,17H2,1H3,(H,29,34). The third-order valence-corrected chi connectivity index (χ3v) is 7.24. The molecule has 190 valence electrons. The van der Waals surface area contributed by atoms with Gasteiger partial charge in [0.1, 0.15) is 31.1 Å². The molecule has 2 aromatic carbocycles. The normalized spacial score (nSPS) is 23.2. The Labute approximate surface area is 209 Å². The van der Waals surface area contributed by atoms with E-state index in [0.29, 0.717) is 49.7 Å². The average molecular weight is 496 g/mol. The summed E-state index contributed by atoms with van der Waals surface area (Å²) in [7, 11) is 0. The number of amides is 4. The number of ether oxygens (including phenoxy) is 2. The summed E-state index contributed by atoms with van der Waals surface area (Å²) in [4.78, 5) is 42.8. The van der Waals surface area contributed by atoms with Gasteiger partial charge in [0.05, 0.1) is 6.04 Å². The minimum Gasteiger partial charge on any atom is -0.486 e. The molecule has 8 nitrogen and oxygen atoms in total. The van der Waals surface area contributed by atoms with Gasteiger partial charge in [-0.2, -0.15) is 0 Å². The van der Waals surface area contributed by atoms with Gasteiger partial charge in [-0.15, -0.1) is 0 Å². The zero-order chi connectivity index (χ0) is 25.3. The Hall–Kier alpha value is -3.62. The van der Waals surface area contributed by atoms with Crippen molar-refractivity contribution >= 4 is 17.8 Å². The Morgan fingerprint density at radius 1 is 1.11 bits per heavy atom. The second-order valence-corrected chi connectivity index (χ2v) is 9.49. The van der Waals surface area contributed by atoms with Crippen LogP contribution in [0.5, 0.6) is 11.5 Å². The fraction of sp³-hybridized carbons (Fsp3) is 0.444. The lowest BCUT2D eigenvalue weighted by Crippen LogP contribution is -2.45. The lowest BCUT2D eigenvalue weighted by atomic mass is 9.85. The van der Waals surface area contributed by atoms with Crippen LogP contribution >= 0.6 is 0 Å². The SMILES string of the molecule is CCCCC1(c2ccc(F)cc2)NC(=O)N(CC(=O)N2CCCC2c2ccc3c(c2)OCCO3)C1=O. The predicted octanol–water partition coefficient (Wildman–Crippen LogP) is 3.90. The highest BCUT2D eigenvalue weighted by atomic mass is 19.1. The van der Waals surface area contributed by atoms with E-state index in [1.807, 2.05) is 25.1 Å². The molecule has 9 heteroatoms. The third kappa shape index (κ3) is 4.27. The van der Waals surface area contributed by atoms with Crippen LogP contribution in [0.4, 0.5) is 9.18 Å². The molecule has 0 spiro atoms. The maximum atomic E-state index is 13.6. The van der Waals surface area contributed by atoms with Crippen molar-refractivity contribution in [2.45, 2.75) is 50.6 Å². The first kappa shape index (κ1) is 24.1. The highest BCUT2D eigenvalue weighted by Gasteiger charge is 2.52. The summed E-state index contributed by atoms with van der Waals surface area (Å²) in [5, 5.41) is 2.82. The van der Waals surface area contributed by atoms with Crippen LogP contribution in [0.3, 0.4) is 0 Å². The number of nitrogens with one attached hydrogen (secondary N) is 1. The van der Waals surface area contributed by atoms with Crippen LogP contribution in [-0.2, 0) is 15.1 Å². The molecule has 3 heterocycles. The first-order valence-corrected chi connectivity index (χ1v) is 12.5. The Balaban J connectivity index is 1.36. The molecular formula is C27H30FN3O5. The van der Waals surface area contributed by atoms with Crippen molar-refractivity contribution < 1.29 is 28.2 Å². The van der Waals surface area contributed by atoms with E-state index in [1.54, 1.807) is 4.90 Å². The molecule has 0 aliphatic carbocycles. The van der Waals surface area contributed by atoms with Gasteiger partial charge in [-0.05, 0) is 54.7 Å². The average Bonchev–Trinajstić information content (AvgIpc) is 3.47. The molecule has 2 atom stereocenters. The Bertz CT molecular complexity index is 1170. The van der Waals surface area contributed by atoms with Gasteiger partial charge in [-0.25, -0.2) is 9.18 Å². The molecule has 0 bridgehead atoms. The molecule has 2 aromatic rings. The molecule has 2 unspecified atom stereocenters. The van der Waals surface area contributed by atoms with Crippen molar-refractivity contribution in [2.24, 2.45) is 0 Å². The summed E-state index contributed by atoms with van der Waals surface area (Å²) in [5.41, 5.74) is 0.147. The Morgan fingerprint density at radius 3 is 2.61 bits per heavy atom. The third-order valence-electron chi connectivity index (χ3n) is 7.24. The molecular weight excluding hydrogens is 465 g/mol. The molecule has 2 saturated heterocycles. The van der Waals surface area contributed by atoms with Gasteiger partial charge in [0, 0.05) is 6.54 Å². The topological polar surface area (TPSA) is 88.2 Å². The summed E-state index contributed by atoms with van der Waals surface area (Å²) in [6, 6.07) is 10.5. The van der Waals surface area contributed by atoms with Crippen LogP contribution in [0.1, 0.15) is 56.2 Å². The molecule has 1 N–H and O–H groups in total. The Kier molecular flexibility index (Phi) is 6.55. The van der Waals surface area contributed by atoms with Crippen LogP contribution in [-0.4, -0.2) is 53.9 Å². The summed E-state index contributed by atoms with van der Waals surface area (Å²) < 4.78 is 24.9. The second kappa shape index (κ2) is 9.79. The van der Waals surface area contributed by atoms with Crippen molar-refractivity contribution in [1.29, 1.82) is 0 Å². The van der Waals surface area contributed by atoms with E-state index in [2.05, 4.69) is 5.32 Å². The molecule has 5 rings (SSSR count). The summed E-state index contributed by atoms with van der Waals surface area (Å²) in [6.45, 7) is 3.17. The van der Waals surface area contributed by atoms with E-state index in [4.69, 9.17) is 9.47 Å². The number of hydrogen-bond donors (Lipinski definition) is 1. The van der Waals surface area contributed by atoms with Gasteiger partial charge in [0.15, 0.2) is 11.5 Å². The molecule has 0 saturated carbocycles. The number of fused-ring (bicyclic) bond motifs is 1. The molecule has 0 radical (unpaired) electrons. The number of benzene rings is 2. The molecule has 0 aromatic heterocycles. The van der Waals surface area contributed by atoms with Gasteiger partial charge in [0.2, 0.25) is 5.91 Å². The number of nitrogens with zero attached hydrogens (tertiary/aromatic N) is 2. The maximum absolute atomic E-state index is 13.6. The van der Waals surface area contributed by atoms with E-state index < -0.39 is 23.3 Å². The molecule has 36 heavy (non-hydrogen) atoms. The lowest BCUT2D eigenvalue weighted by Gasteiger charge is -2.29. The van der Waals surface area contributed by atoms with Crippen LogP contribution < -0.4 is 14.8 Å². The minimum absolute atomic E-state index is 0.170. The highest BCUT2D eigenvalue weighted by molar-refractivity contribution is 6.09. The van der Waals surface area contributed by atoms with E-state index >= 15 is 0 Å². The van der Waals surface area contributed by atoms with E-state index in [9.17, 15) is 18.8 Å². The number of unbranched alkanes of at least 4 members (excludes halogenated alkanes) is 1. The molecule has 3 aliphatic rings. The number of rotatable bonds is 7. The quantitative estimate of drug-likeness (QED) is 0.589. The monoisotopic (exact) mass is 495 g/mol. The molecule has 4 amide bonds. The van der Waals surface area contributed by atoms with Gasteiger partial charge >= 0.3 is 6.03 Å². The lowest BCUT2D eigenvalue weighted by molar-refractivity contribution is -0.139. The van der Waals surface area contributed by atoms with E-state index in [1.165, 1.54) is 24.3 Å². The number of hydrogen-bond acceptors (Lipinski definition) is 5. The van der Waals surface area contributed by atoms with Crippen LogP contribution in [0.25, 0.3) is 0 Å². The zero-order valence-corrected chi connectivity index (χ0v) is 20.3. The van der Waals surface area contributed by atoms with Gasteiger partial charge in [-0.3, -0.25) is 14.5 Å². The van der Waals surface area contributed by atoms with E-state index in [0.717, 1.165) is 29.7 Å². The second-order valence-electron chi connectivity index (χ2n) is 9.49. The first-order chi connectivity index (χ1) is 17.4. The Morgan fingerprint density at radius 2 is 1.86 bits per heavy atom. The van der Waals surface area contributed by atoms with Gasteiger partial charge in [-0.1, -0.05) is 38.0 Å². The van der Waals surface area contributed by atoms with Crippen LogP contribution in [0, 0.1) is 5.82 Å². The number of carbonyl (C=O) groups excluding carboxylic acids is 3. The number of halogens is 1. The van der Waals surface area contributed by atoms with Crippen LogP contribution in [0.2, 0.25) is 0 Å². The molecule has 3 aliphatic heterocycles. The van der Waals surface area contributed by atoms with Gasteiger partial charge < -0.3 is 19.7 Å². The number of likely N-dealkylation sites (tertiary alicyclic amines) is 1. The zero-order valence-electron chi connectivity index (χ0n) is 20.3. The molecule has 2 fully saturated rings. The first-order valence-electron chi connectivity index (χ1n) is 12.5. The van der Waals surface area contributed by atoms with Crippen LogP contribution in [0.15, 0.2) is 42.5 Å². The van der Waals surface area contributed by atoms with Gasteiger partial charge in [0.25, 0.3) is 5.91 Å². The predicted molar refractivity (Wildman–Crippen MR) is 129 cm³/mol. The summed E-state index contributed by atoms with van der Waals surface area (Å²) in [5.74, 6) is 0.154. The minimum atomic E-state index is -1.30. The number of carbonyl (C=O) groups is 3. The van der Waals surface area contributed by atoms with E-state index in [-0.39, 0.29) is 18.5 Å². The van der Waals surface area contributed by atoms with Crippen molar-refractivity contribution in [3.05, 3.63) is 59.4 Å². The van der Waals surface area contributed by atoms with Crippen molar-refractivity contribution in [3.8, 4) is 11.5 Å². The summed E-state index contributed by atoms with van der Waals surface area (Å²) in [6.07, 6.45) is 3.47. The van der Waals surface area contributed by atoms with Crippen molar-refractivity contribution in [3.63, 3.8) is 0 Å². The summed E-state index contributed by atoms with van der Waals surface area (Å²) >= 11 is 0. The maximum Gasteiger partial charge on any atom is 0.325 e. The smallest absolute Gasteiger partial charge is 0.325 e. The fourth-order valence-electron chi connectivity index (χ4n) is 5.36. The van der Waals surface area contributed by atoms with Crippen molar-refractivity contribution in [2.75, 3.05) is 26.3 Å².